The maximum absolute atomic E-state index is 13.0. The van der Waals surface area contributed by atoms with Gasteiger partial charge in [-0.3, -0.25) is 4.68 Å². The summed E-state index contributed by atoms with van der Waals surface area (Å²) >= 11 is 0. The first-order valence-electron chi connectivity index (χ1n) is 9.35. The predicted octanol–water partition coefficient (Wildman–Crippen LogP) is 3.63. The van der Waals surface area contributed by atoms with Gasteiger partial charge in [0.25, 0.3) is 0 Å². The van der Waals surface area contributed by atoms with Crippen LogP contribution < -0.4 is 5.32 Å². The number of aliphatic hydroxyl groups is 1. The second-order valence-corrected chi connectivity index (χ2v) is 7.10. The second kappa shape index (κ2) is 8.36. The fourth-order valence-electron chi connectivity index (χ4n) is 3.67. The third-order valence-corrected chi connectivity index (χ3v) is 5.09. The monoisotopic (exact) mass is 356 g/mol. The summed E-state index contributed by atoms with van der Waals surface area (Å²) in [6.45, 7) is 2.17. The minimum Gasteiger partial charge on any atom is -0.387 e. The fraction of sp³-hybridized carbons (Fsp3) is 0.500. The molecule has 6 heteroatoms. The molecule has 2 amide bonds. The first-order chi connectivity index (χ1) is 12.5. The first kappa shape index (κ1) is 18.5. The molecule has 1 saturated carbocycles. The maximum Gasteiger partial charge on any atom is 0.322 e. The van der Waals surface area contributed by atoms with Gasteiger partial charge in [0.2, 0.25) is 0 Å². The molecule has 6 nitrogen and oxygen atoms in total. The number of carbonyl (C=O) groups excluding carboxylic acids is 1. The van der Waals surface area contributed by atoms with Crippen LogP contribution in [0.5, 0.6) is 0 Å². The van der Waals surface area contributed by atoms with Crippen LogP contribution >= 0.6 is 0 Å². The van der Waals surface area contributed by atoms with Gasteiger partial charge in [-0.05, 0) is 25.3 Å². The third kappa shape index (κ3) is 4.43. The van der Waals surface area contributed by atoms with Gasteiger partial charge in [0.1, 0.15) is 0 Å². The van der Waals surface area contributed by atoms with Gasteiger partial charge in [-0.2, -0.15) is 5.10 Å². The van der Waals surface area contributed by atoms with Gasteiger partial charge in [-0.15, -0.1) is 0 Å². The van der Waals surface area contributed by atoms with Crippen LogP contribution in [-0.4, -0.2) is 38.4 Å². The highest BCUT2D eigenvalue weighted by atomic mass is 16.3. The van der Waals surface area contributed by atoms with Crippen LogP contribution in [0.2, 0.25) is 0 Å². The van der Waals surface area contributed by atoms with E-state index < -0.39 is 6.10 Å². The molecule has 0 unspecified atom stereocenters. The van der Waals surface area contributed by atoms with E-state index in [1.54, 1.807) is 10.9 Å². The van der Waals surface area contributed by atoms with Crippen molar-refractivity contribution in [2.45, 2.75) is 51.2 Å². The van der Waals surface area contributed by atoms with Crippen molar-refractivity contribution >= 4 is 11.7 Å². The van der Waals surface area contributed by atoms with Gasteiger partial charge < -0.3 is 15.3 Å². The van der Waals surface area contributed by atoms with Crippen molar-refractivity contribution in [2.75, 3.05) is 11.9 Å². The topological polar surface area (TPSA) is 70.4 Å². The van der Waals surface area contributed by atoms with Crippen molar-refractivity contribution in [1.29, 1.82) is 0 Å². The molecule has 2 aromatic rings. The molecule has 26 heavy (non-hydrogen) atoms. The standard InChI is InChI=1S/C20H28N4O2/c1-15-18(13-23(2)22-15)21-20(26)24(17-11-7-4-8-12-17)14-19(25)16-9-5-3-6-10-16/h3,5-6,9-10,13,17,19,25H,4,7-8,11-12,14H2,1-2H3,(H,21,26)/t19-/m0/s1. The number of benzene rings is 1. The van der Waals surface area contributed by atoms with Gasteiger partial charge in [0.05, 0.1) is 24.0 Å². The number of nitrogens with zero attached hydrogens (tertiary/aromatic N) is 3. The normalized spacial score (nSPS) is 16.3. The summed E-state index contributed by atoms with van der Waals surface area (Å²) < 4.78 is 1.69. The van der Waals surface area contributed by atoms with Gasteiger partial charge >= 0.3 is 6.03 Å². The van der Waals surface area contributed by atoms with Gasteiger partial charge in [-0.1, -0.05) is 49.6 Å². The van der Waals surface area contributed by atoms with Crippen molar-refractivity contribution in [3.63, 3.8) is 0 Å². The molecule has 2 N–H and O–H groups in total. The molecule has 1 aliphatic rings. The average molecular weight is 356 g/mol. The minimum absolute atomic E-state index is 0.164. The summed E-state index contributed by atoms with van der Waals surface area (Å²) in [5.41, 5.74) is 2.33. The molecule has 1 aliphatic carbocycles. The Morgan fingerprint density at radius 2 is 2.00 bits per heavy atom. The van der Waals surface area contributed by atoms with Crippen molar-refractivity contribution in [3.8, 4) is 0 Å². The molecule has 1 heterocycles. The Bertz CT molecular complexity index is 723. The number of aliphatic hydroxyl groups excluding tert-OH is 1. The van der Waals surface area contributed by atoms with E-state index in [-0.39, 0.29) is 12.1 Å². The molecule has 140 valence electrons. The number of amides is 2. The van der Waals surface area contributed by atoms with Crippen molar-refractivity contribution in [1.82, 2.24) is 14.7 Å². The summed E-state index contributed by atoms with van der Waals surface area (Å²) in [4.78, 5) is 14.8. The molecular weight excluding hydrogens is 328 g/mol. The zero-order valence-electron chi connectivity index (χ0n) is 15.6. The number of nitrogens with one attached hydrogen (secondary N) is 1. The molecule has 0 bridgehead atoms. The number of urea groups is 1. The third-order valence-electron chi connectivity index (χ3n) is 5.09. The Morgan fingerprint density at radius 1 is 1.31 bits per heavy atom. The van der Waals surface area contributed by atoms with E-state index in [2.05, 4.69) is 10.4 Å². The first-order valence-corrected chi connectivity index (χ1v) is 9.35. The van der Waals surface area contributed by atoms with E-state index in [1.807, 2.05) is 49.2 Å². The highest BCUT2D eigenvalue weighted by molar-refractivity contribution is 5.90. The van der Waals surface area contributed by atoms with E-state index in [0.29, 0.717) is 12.2 Å². The Kier molecular flexibility index (Phi) is 5.93. The maximum atomic E-state index is 13.0. The van der Waals surface area contributed by atoms with E-state index in [4.69, 9.17) is 0 Å². The summed E-state index contributed by atoms with van der Waals surface area (Å²) in [5, 5.41) is 17.9. The SMILES string of the molecule is Cc1nn(C)cc1NC(=O)N(C[C@H](O)c1ccccc1)C1CCCCC1. The van der Waals surface area contributed by atoms with Gasteiger partial charge in [0, 0.05) is 19.3 Å². The van der Waals surface area contributed by atoms with E-state index in [0.717, 1.165) is 36.9 Å². The van der Waals surface area contributed by atoms with Crippen molar-refractivity contribution in [2.24, 2.45) is 7.05 Å². The molecule has 1 aromatic carbocycles. The Morgan fingerprint density at radius 3 is 2.62 bits per heavy atom. The molecule has 1 aromatic heterocycles. The Hall–Kier alpha value is -2.34. The van der Waals surface area contributed by atoms with Gasteiger partial charge in [-0.25, -0.2) is 4.79 Å². The zero-order valence-corrected chi connectivity index (χ0v) is 15.6. The van der Waals surface area contributed by atoms with E-state index in [1.165, 1.54) is 6.42 Å². The van der Waals surface area contributed by atoms with Crippen LogP contribution in [0, 0.1) is 6.92 Å². The molecular formula is C20H28N4O2. The summed E-state index contributed by atoms with van der Waals surface area (Å²) in [5.74, 6) is 0. The molecule has 1 fully saturated rings. The molecule has 3 rings (SSSR count). The number of hydrogen-bond acceptors (Lipinski definition) is 3. The number of aromatic nitrogens is 2. The lowest BCUT2D eigenvalue weighted by Gasteiger charge is -2.35. The molecule has 1 atom stereocenters. The van der Waals surface area contributed by atoms with Crippen LogP contribution in [0.3, 0.4) is 0 Å². The lowest BCUT2D eigenvalue weighted by atomic mass is 9.94. The summed E-state index contributed by atoms with van der Waals surface area (Å²) in [6, 6.07) is 9.53. The zero-order chi connectivity index (χ0) is 18.5. The van der Waals surface area contributed by atoms with Crippen LogP contribution in [0.15, 0.2) is 36.5 Å². The van der Waals surface area contributed by atoms with Crippen molar-refractivity contribution < 1.29 is 9.90 Å². The number of rotatable bonds is 5. The number of aryl methyl sites for hydroxylation is 2. The minimum atomic E-state index is -0.695. The smallest absolute Gasteiger partial charge is 0.322 e. The molecule has 0 saturated heterocycles. The summed E-state index contributed by atoms with van der Waals surface area (Å²) in [6.07, 6.45) is 6.55. The lowest BCUT2D eigenvalue weighted by molar-refractivity contribution is 0.0957. The van der Waals surface area contributed by atoms with Crippen LogP contribution in [-0.2, 0) is 7.05 Å². The number of carbonyl (C=O) groups is 1. The van der Waals surface area contributed by atoms with Gasteiger partial charge in [0.15, 0.2) is 0 Å². The number of anilines is 1. The van der Waals surface area contributed by atoms with Crippen LogP contribution in [0.4, 0.5) is 10.5 Å². The molecule has 0 spiro atoms. The largest absolute Gasteiger partial charge is 0.387 e. The fourth-order valence-corrected chi connectivity index (χ4v) is 3.67. The highest BCUT2D eigenvalue weighted by Gasteiger charge is 2.28. The van der Waals surface area contributed by atoms with E-state index >= 15 is 0 Å². The lowest BCUT2D eigenvalue weighted by Crippen LogP contribution is -2.46. The quantitative estimate of drug-likeness (QED) is 0.859. The average Bonchev–Trinajstić information content (AvgIpc) is 2.97. The van der Waals surface area contributed by atoms with Crippen molar-refractivity contribution in [3.05, 3.63) is 47.8 Å². The molecule has 0 aliphatic heterocycles. The van der Waals surface area contributed by atoms with Crippen LogP contribution in [0.1, 0.15) is 49.5 Å². The van der Waals surface area contributed by atoms with E-state index in [9.17, 15) is 9.90 Å². The number of hydrogen-bond donors (Lipinski definition) is 2. The van der Waals surface area contributed by atoms with Crippen LogP contribution in [0.25, 0.3) is 0 Å². The highest BCUT2D eigenvalue weighted by Crippen LogP contribution is 2.26. The Labute approximate surface area is 154 Å². The molecule has 0 radical (unpaired) electrons. The second-order valence-electron chi connectivity index (χ2n) is 7.10. The summed E-state index contributed by atoms with van der Waals surface area (Å²) in [7, 11) is 1.83. The predicted molar refractivity (Wildman–Crippen MR) is 102 cm³/mol. The Balaban J connectivity index is 1.76.